The molecule has 0 saturated heterocycles. The van der Waals surface area contributed by atoms with E-state index >= 15 is 0 Å². The van der Waals surface area contributed by atoms with Crippen LogP contribution in [0.3, 0.4) is 0 Å². The lowest BCUT2D eigenvalue weighted by Crippen LogP contribution is -1.98. The molecule has 5 nitrogen and oxygen atoms in total. The third-order valence-electron chi connectivity index (χ3n) is 4.12. The van der Waals surface area contributed by atoms with E-state index in [-0.39, 0.29) is 12.4 Å². The highest BCUT2D eigenvalue weighted by molar-refractivity contribution is 5.86. The Kier molecular flexibility index (Phi) is 4.46. The van der Waals surface area contributed by atoms with Gasteiger partial charge in [0.25, 0.3) is 0 Å². The minimum absolute atomic E-state index is 0.237. The topological polar surface area (TPSA) is 57.4 Å². The monoisotopic (exact) mass is 364 g/mol. The van der Waals surface area contributed by atoms with Gasteiger partial charge in [0.15, 0.2) is 0 Å². The van der Waals surface area contributed by atoms with Gasteiger partial charge in [0.2, 0.25) is 5.89 Å². The molecule has 2 heterocycles. The first kappa shape index (κ1) is 17.0. The maximum absolute atomic E-state index is 13.0. The number of nitrogens with zero attached hydrogens (tertiary/aromatic N) is 2. The Morgan fingerprint density at radius 3 is 2.63 bits per heavy atom. The molecule has 2 aromatic heterocycles. The van der Waals surface area contributed by atoms with Crippen molar-refractivity contribution in [3.63, 3.8) is 0 Å². The molecular weight excluding hydrogens is 347 g/mol. The fourth-order valence-electron chi connectivity index (χ4n) is 2.80. The van der Waals surface area contributed by atoms with Crippen molar-refractivity contribution in [3.05, 3.63) is 72.0 Å². The number of benzene rings is 2. The number of pyridine rings is 1. The van der Waals surface area contributed by atoms with Crippen molar-refractivity contribution in [2.45, 2.75) is 13.5 Å². The molecule has 0 atom stereocenters. The van der Waals surface area contributed by atoms with E-state index in [0.717, 1.165) is 22.3 Å². The molecular formula is C21H17FN2O3. The van der Waals surface area contributed by atoms with Crippen LogP contribution in [0.15, 0.2) is 59.2 Å². The lowest BCUT2D eigenvalue weighted by molar-refractivity contribution is 0.304. The van der Waals surface area contributed by atoms with Gasteiger partial charge in [-0.05, 0) is 49.4 Å². The molecule has 0 aliphatic heterocycles. The summed E-state index contributed by atoms with van der Waals surface area (Å²) in [6.07, 6.45) is 1.54. The third kappa shape index (κ3) is 3.60. The van der Waals surface area contributed by atoms with Gasteiger partial charge in [-0.25, -0.2) is 9.37 Å². The van der Waals surface area contributed by atoms with E-state index in [9.17, 15) is 4.39 Å². The van der Waals surface area contributed by atoms with Gasteiger partial charge in [0, 0.05) is 22.7 Å². The average Bonchev–Trinajstić information content (AvgIpc) is 3.15. The number of hydrogen-bond donors (Lipinski definition) is 0. The van der Waals surface area contributed by atoms with Crippen LogP contribution in [-0.4, -0.2) is 17.1 Å². The fraction of sp³-hybridized carbons (Fsp3) is 0.143. The molecule has 0 N–H and O–H groups in total. The van der Waals surface area contributed by atoms with Crippen LogP contribution in [0, 0.1) is 12.7 Å². The Morgan fingerprint density at radius 1 is 1.04 bits per heavy atom. The van der Waals surface area contributed by atoms with Crippen LogP contribution in [0.2, 0.25) is 0 Å². The van der Waals surface area contributed by atoms with Crippen LogP contribution < -0.4 is 9.47 Å². The molecule has 136 valence electrons. The van der Waals surface area contributed by atoms with Gasteiger partial charge in [-0.3, -0.25) is 4.98 Å². The van der Waals surface area contributed by atoms with Gasteiger partial charge >= 0.3 is 0 Å². The fourth-order valence-corrected chi connectivity index (χ4v) is 2.80. The standard InChI is InChI=1S/C21H17FN2O3/c1-13-9-20(18-10-17(25-2)7-8-19(18)23-13)26-11-16-12-27-21(24-16)14-3-5-15(22)6-4-14/h3-10,12H,11H2,1-2H3. The highest BCUT2D eigenvalue weighted by Crippen LogP contribution is 2.29. The quantitative estimate of drug-likeness (QED) is 0.503. The van der Waals surface area contributed by atoms with Crippen molar-refractivity contribution in [1.29, 1.82) is 0 Å². The van der Waals surface area contributed by atoms with E-state index in [0.29, 0.717) is 22.9 Å². The number of methoxy groups -OCH3 is 1. The summed E-state index contributed by atoms with van der Waals surface area (Å²) >= 11 is 0. The first-order valence-electron chi connectivity index (χ1n) is 8.41. The van der Waals surface area contributed by atoms with Crippen molar-refractivity contribution in [3.8, 4) is 23.0 Å². The summed E-state index contributed by atoms with van der Waals surface area (Å²) in [6, 6.07) is 13.5. The van der Waals surface area contributed by atoms with Crippen molar-refractivity contribution < 1.29 is 18.3 Å². The SMILES string of the molecule is COc1ccc2nc(C)cc(OCc3coc(-c4ccc(F)cc4)n3)c2c1. The molecule has 0 radical (unpaired) electrons. The largest absolute Gasteiger partial charge is 0.497 e. The summed E-state index contributed by atoms with van der Waals surface area (Å²) in [5.41, 5.74) is 3.03. The molecule has 0 aliphatic carbocycles. The summed E-state index contributed by atoms with van der Waals surface area (Å²) in [4.78, 5) is 8.92. The molecule has 4 rings (SSSR count). The number of aryl methyl sites for hydroxylation is 1. The predicted molar refractivity (Wildman–Crippen MR) is 99.3 cm³/mol. The first-order chi connectivity index (χ1) is 13.1. The second-order valence-corrected chi connectivity index (χ2v) is 6.08. The molecule has 0 unspecified atom stereocenters. The minimum Gasteiger partial charge on any atom is -0.497 e. The molecule has 0 amide bonds. The van der Waals surface area contributed by atoms with Gasteiger partial charge in [-0.15, -0.1) is 0 Å². The molecule has 0 spiro atoms. The summed E-state index contributed by atoms with van der Waals surface area (Å²) in [5.74, 6) is 1.55. The number of halogens is 1. The molecule has 0 saturated carbocycles. The number of aromatic nitrogens is 2. The Bertz CT molecular complexity index is 1090. The van der Waals surface area contributed by atoms with E-state index in [1.54, 1.807) is 19.2 Å². The Morgan fingerprint density at radius 2 is 1.85 bits per heavy atom. The lowest BCUT2D eigenvalue weighted by Gasteiger charge is -2.10. The first-order valence-corrected chi connectivity index (χ1v) is 8.41. The molecule has 0 fully saturated rings. The van der Waals surface area contributed by atoms with Crippen LogP contribution in [0.4, 0.5) is 4.39 Å². The second-order valence-electron chi connectivity index (χ2n) is 6.08. The van der Waals surface area contributed by atoms with E-state index in [1.807, 2.05) is 31.2 Å². The van der Waals surface area contributed by atoms with Crippen molar-refractivity contribution >= 4 is 10.9 Å². The van der Waals surface area contributed by atoms with E-state index in [1.165, 1.54) is 18.4 Å². The average molecular weight is 364 g/mol. The highest BCUT2D eigenvalue weighted by atomic mass is 19.1. The van der Waals surface area contributed by atoms with Gasteiger partial charge in [-0.1, -0.05) is 0 Å². The van der Waals surface area contributed by atoms with Gasteiger partial charge in [-0.2, -0.15) is 0 Å². The van der Waals surface area contributed by atoms with Crippen LogP contribution in [-0.2, 0) is 6.61 Å². The maximum atomic E-state index is 13.0. The predicted octanol–water partition coefficient (Wildman–Crippen LogP) is 4.92. The normalized spacial score (nSPS) is 10.9. The van der Waals surface area contributed by atoms with E-state index < -0.39 is 0 Å². The van der Waals surface area contributed by atoms with E-state index in [2.05, 4.69) is 9.97 Å². The zero-order valence-electron chi connectivity index (χ0n) is 14.9. The van der Waals surface area contributed by atoms with Crippen LogP contribution >= 0.6 is 0 Å². The van der Waals surface area contributed by atoms with E-state index in [4.69, 9.17) is 13.9 Å². The molecule has 6 heteroatoms. The van der Waals surface area contributed by atoms with Crippen molar-refractivity contribution in [2.75, 3.05) is 7.11 Å². The number of ether oxygens (including phenoxy) is 2. The van der Waals surface area contributed by atoms with Crippen LogP contribution in [0.1, 0.15) is 11.4 Å². The Balaban J connectivity index is 1.57. The zero-order valence-corrected chi connectivity index (χ0v) is 14.9. The summed E-state index contributed by atoms with van der Waals surface area (Å²) in [5, 5.41) is 0.863. The Labute approximate surface area is 155 Å². The number of rotatable bonds is 5. The van der Waals surface area contributed by atoms with Gasteiger partial charge < -0.3 is 13.9 Å². The van der Waals surface area contributed by atoms with Crippen LogP contribution in [0.5, 0.6) is 11.5 Å². The molecule has 2 aromatic carbocycles. The van der Waals surface area contributed by atoms with Gasteiger partial charge in [0.05, 0.1) is 12.6 Å². The highest BCUT2D eigenvalue weighted by Gasteiger charge is 2.10. The van der Waals surface area contributed by atoms with Gasteiger partial charge in [0.1, 0.15) is 35.9 Å². The van der Waals surface area contributed by atoms with Crippen molar-refractivity contribution in [1.82, 2.24) is 9.97 Å². The molecule has 0 bridgehead atoms. The lowest BCUT2D eigenvalue weighted by atomic mass is 10.1. The summed E-state index contributed by atoms with van der Waals surface area (Å²) in [6.45, 7) is 2.15. The minimum atomic E-state index is -0.302. The second kappa shape index (κ2) is 7.07. The summed E-state index contributed by atoms with van der Waals surface area (Å²) < 4.78 is 29.8. The zero-order chi connectivity index (χ0) is 18.8. The molecule has 0 aliphatic rings. The smallest absolute Gasteiger partial charge is 0.226 e. The molecule has 27 heavy (non-hydrogen) atoms. The summed E-state index contributed by atoms with van der Waals surface area (Å²) in [7, 11) is 1.62. The van der Waals surface area contributed by atoms with Crippen molar-refractivity contribution in [2.24, 2.45) is 0 Å². The molecule has 4 aromatic rings. The maximum Gasteiger partial charge on any atom is 0.226 e. The number of hydrogen-bond acceptors (Lipinski definition) is 5. The van der Waals surface area contributed by atoms with Crippen LogP contribution in [0.25, 0.3) is 22.4 Å². The Hall–Kier alpha value is -3.41. The third-order valence-corrected chi connectivity index (χ3v) is 4.12. The number of fused-ring (bicyclic) bond motifs is 1. The number of oxazole rings is 1.